The molecule has 0 unspecified atom stereocenters. The molecular formula is C21H22N2O5S2. The van der Waals surface area contributed by atoms with Crippen LogP contribution in [0.3, 0.4) is 0 Å². The minimum absolute atomic E-state index is 0.0787. The number of ether oxygens (including phenoxy) is 2. The maximum absolute atomic E-state index is 13.0. The summed E-state index contributed by atoms with van der Waals surface area (Å²) in [5.74, 6) is 0.425. The Balaban J connectivity index is 1.93. The third-order valence-electron chi connectivity index (χ3n) is 4.27. The van der Waals surface area contributed by atoms with Gasteiger partial charge in [0.2, 0.25) is 0 Å². The lowest BCUT2D eigenvalue weighted by molar-refractivity contribution is -0.122. The lowest BCUT2D eigenvalue weighted by Crippen LogP contribution is -2.31. The smallest absolute Gasteiger partial charge is 0.284 e. The van der Waals surface area contributed by atoms with Crippen molar-refractivity contribution in [2.45, 2.75) is 11.3 Å². The molecule has 0 spiro atoms. The highest BCUT2D eigenvalue weighted by Gasteiger charge is 2.34. The van der Waals surface area contributed by atoms with E-state index in [0.29, 0.717) is 30.2 Å². The summed E-state index contributed by atoms with van der Waals surface area (Å²) in [4.78, 5) is 14.8. The zero-order chi connectivity index (χ0) is 21.6. The van der Waals surface area contributed by atoms with Gasteiger partial charge in [0.15, 0.2) is 5.17 Å². The van der Waals surface area contributed by atoms with E-state index in [-0.39, 0.29) is 16.0 Å². The normalized spacial score (nSPS) is 17.1. The Morgan fingerprint density at radius 2 is 1.77 bits per heavy atom. The van der Waals surface area contributed by atoms with Crippen LogP contribution < -0.4 is 4.74 Å². The van der Waals surface area contributed by atoms with Gasteiger partial charge in [-0.15, -0.1) is 4.40 Å². The van der Waals surface area contributed by atoms with Crippen molar-refractivity contribution in [3.8, 4) is 5.75 Å². The summed E-state index contributed by atoms with van der Waals surface area (Å²) in [6, 6.07) is 15.2. The largest absolute Gasteiger partial charge is 0.497 e. The molecule has 9 heteroatoms. The molecular weight excluding hydrogens is 424 g/mol. The Hall–Kier alpha value is -2.62. The topological polar surface area (TPSA) is 85.3 Å². The van der Waals surface area contributed by atoms with Crippen LogP contribution in [-0.2, 0) is 19.6 Å². The van der Waals surface area contributed by atoms with Crippen molar-refractivity contribution in [1.82, 2.24) is 4.90 Å². The number of methoxy groups -OCH3 is 2. The van der Waals surface area contributed by atoms with Gasteiger partial charge in [-0.25, -0.2) is 0 Å². The molecule has 1 amide bonds. The zero-order valence-corrected chi connectivity index (χ0v) is 18.3. The molecule has 158 valence electrons. The van der Waals surface area contributed by atoms with E-state index in [9.17, 15) is 13.2 Å². The summed E-state index contributed by atoms with van der Waals surface area (Å²) < 4.78 is 39.6. The first-order chi connectivity index (χ1) is 14.4. The minimum Gasteiger partial charge on any atom is -0.497 e. The van der Waals surface area contributed by atoms with E-state index in [1.165, 1.54) is 17.0 Å². The van der Waals surface area contributed by atoms with Crippen molar-refractivity contribution >= 4 is 38.9 Å². The van der Waals surface area contributed by atoms with Crippen molar-refractivity contribution in [2.75, 3.05) is 27.4 Å². The van der Waals surface area contributed by atoms with Crippen LogP contribution in [0.1, 0.15) is 12.0 Å². The lowest BCUT2D eigenvalue weighted by Gasteiger charge is -2.15. The molecule has 0 aromatic heterocycles. The van der Waals surface area contributed by atoms with Crippen LogP contribution in [0.2, 0.25) is 0 Å². The summed E-state index contributed by atoms with van der Waals surface area (Å²) in [6.07, 6.45) is 2.27. The number of amides is 1. The molecule has 2 aromatic rings. The highest BCUT2D eigenvalue weighted by Crippen LogP contribution is 2.34. The van der Waals surface area contributed by atoms with Gasteiger partial charge in [0.25, 0.3) is 15.9 Å². The fourth-order valence-corrected chi connectivity index (χ4v) is 4.97. The Morgan fingerprint density at radius 3 is 2.40 bits per heavy atom. The number of nitrogens with zero attached hydrogens (tertiary/aromatic N) is 2. The van der Waals surface area contributed by atoms with Crippen LogP contribution in [0.4, 0.5) is 0 Å². The summed E-state index contributed by atoms with van der Waals surface area (Å²) in [6.45, 7) is 0.757. The molecule has 1 fully saturated rings. The number of sulfonamides is 1. The maximum atomic E-state index is 13.0. The highest BCUT2D eigenvalue weighted by molar-refractivity contribution is 8.19. The van der Waals surface area contributed by atoms with Crippen LogP contribution >= 0.6 is 11.8 Å². The molecule has 0 bridgehead atoms. The Morgan fingerprint density at radius 1 is 1.07 bits per heavy atom. The molecule has 1 aliphatic heterocycles. The fraction of sp³-hybridized carbons (Fsp3) is 0.238. The summed E-state index contributed by atoms with van der Waals surface area (Å²) in [5.41, 5.74) is 0.802. The lowest BCUT2D eigenvalue weighted by atomic mass is 10.2. The number of carbonyl (C=O) groups is 1. The zero-order valence-electron chi connectivity index (χ0n) is 16.6. The summed E-state index contributed by atoms with van der Waals surface area (Å²) in [7, 11) is -0.783. The van der Waals surface area contributed by atoms with Crippen LogP contribution in [-0.4, -0.2) is 51.8 Å². The number of benzene rings is 2. The Bertz CT molecular complexity index is 1050. The first kappa shape index (κ1) is 22.1. The van der Waals surface area contributed by atoms with E-state index in [2.05, 4.69) is 4.40 Å². The number of hydrogen-bond acceptors (Lipinski definition) is 6. The van der Waals surface area contributed by atoms with Crippen LogP contribution in [0.25, 0.3) is 6.08 Å². The number of hydrogen-bond donors (Lipinski definition) is 0. The minimum atomic E-state index is -3.94. The predicted octanol–water partition coefficient (Wildman–Crippen LogP) is 3.39. The molecule has 3 rings (SSSR count). The van der Waals surface area contributed by atoms with Crippen molar-refractivity contribution in [1.29, 1.82) is 0 Å². The highest BCUT2D eigenvalue weighted by atomic mass is 32.2. The first-order valence-electron chi connectivity index (χ1n) is 9.19. The quantitative estimate of drug-likeness (QED) is 0.456. The number of rotatable bonds is 8. The van der Waals surface area contributed by atoms with Gasteiger partial charge in [-0.2, -0.15) is 8.42 Å². The van der Waals surface area contributed by atoms with Gasteiger partial charge in [-0.1, -0.05) is 30.3 Å². The molecule has 1 saturated heterocycles. The van der Waals surface area contributed by atoms with E-state index in [4.69, 9.17) is 9.47 Å². The number of carbonyl (C=O) groups excluding carboxylic acids is 1. The van der Waals surface area contributed by atoms with Crippen LogP contribution in [0, 0.1) is 0 Å². The first-order valence-corrected chi connectivity index (χ1v) is 11.4. The van der Waals surface area contributed by atoms with E-state index in [1.54, 1.807) is 50.6 Å². The van der Waals surface area contributed by atoms with Gasteiger partial charge >= 0.3 is 0 Å². The predicted molar refractivity (Wildman–Crippen MR) is 118 cm³/mol. The van der Waals surface area contributed by atoms with Crippen molar-refractivity contribution < 1.29 is 22.7 Å². The molecule has 0 radical (unpaired) electrons. The summed E-state index contributed by atoms with van der Waals surface area (Å²) in [5, 5.41) is 0.139. The molecule has 0 N–H and O–H groups in total. The molecule has 1 aliphatic rings. The number of thioether (sulfide) groups is 1. The molecule has 0 aliphatic carbocycles. The molecule has 2 aromatic carbocycles. The Labute approximate surface area is 180 Å². The average molecular weight is 447 g/mol. The van der Waals surface area contributed by atoms with Crippen molar-refractivity contribution in [3.63, 3.8) is 0 Å². The van der Waals surface area contributed by atoms with E-state index < -0.39 is 10.0 Å². The fourth-order valence-electron chi connectivity index (χ4n) is 2.74. The SMILES string of the molecule is COCCCN1C(=O)C(=Cc2ccc(OC)cc2)SC1=NS(=O)(=O)c1ccccc1. The van der Waals surface area contributed by atoms with Crippen molar-refractivity contribution in [3.05, 3.63) is 65.1 Å². The van der Waals surface area contributed by atoms with Gasteiger partial charge < -0.3 is 9.47 Å². The molecule has 30 heavy (non-hydrogen) atoms. The van der Waals surface area contributed by atoms with Gasteiger partial charge in [-0.3, -0.25) is 9.69 Å². The van der Waals surface area contributed by atoms with Crippen molar-refractivity contribution in [2.24, 2.45) is 4.40 Å². The molecule has 0 atom stereocenters. The second-order valence-corrected chi connectivity index (χ2v) is 8.96. The molecule has 0 saturated carbocycles. The standard InChI is InChI=1S/C21H22N2O5S2/c1-27-14-6-13-23-20(24)19(15-16-9-11-17(28-2)12-10-16)29-21(23)22-30(25,26)18-7-4-3-5-8-18/h3-5,7-12,15H,6,13-14H2,1-2H3. The third kappa shape index (κ3) is 5.29. The van der Waals surface area contributed by atoms with Gasteiger partial charge in [0.05, 0.1) is 16.9 Å². The second-order valence-electron chi connectivity index (χ2n) is 6.35. The van der Waals surface area contributed by atoms with E-state index in [1.807, 2.05) is 12.1 Å². The third-order valence-corrected chi connectivity index (χ3v) is 6.67. The van der Waals surface area contributed by atoms with Crippen LogP contribution in [0.5, 0.6) is 5.75 Å². The Kier molecular flexibility index (Phi) is 7.30. The van der Waals surface area contributed by atoms with E-state index >= 15 is 0 Å². The second kappa shape index (κ2) is 9.92. The van der Waals surface area contributed by atoms with Gasteiger partial charge in [0, 0.05) is 20.3 Å². The van der Waals surface area contributed by atoms with Gasteiger partial charge in [-0.05, 0) is 54.1 Å². The van der Waals surface area contributed by atoms with Gasteiger partial charge in [0.1, 0.15) is 5.75 Å². The monoisotopic (exact) mass is 446 g/mol. The average Bonchev–Trinajstić information content (AvgIpc) is 3.03. The maximum Gasteiger partial charge on any atom is 0.284 e. The molecule has 7 nitrogen and oxygen atoms in total. The van der Waals surface area contributed by atoms with Crippen LogP contribution in [0.15, 0.2) is 68.8 Å². The van der Waals surface area contributed by atoms with E-state index in [0.717, 1.165) is 17.3 Å². The molecule has 1 heterocycles. The summed E-state index contributed by atoms with van der Waals surface area (Å²) >= 11 is 1.05. The number of amidine groups is 1.